The summed E-state index contributed by atoms with van der Waals surface area (Å²) >= 11 is 0. The van der Waals surface area contributed by atoms with Crippen LogP contribution in [0.2, 0.25) is 0 Å². The molecule has 4 fully saturated rings. The van der Waals surface area contributed by atoms with Gasteiger partial charge in [0.1, 0.15) is 30.5 Å². The number of cyclic esters (lactones) is 2. The predicted molar refractivity (Wildman–Crippen MR) is 263 cm³/mol. The molecule has 5 rings (SSSR count). The second-order valence-electron chi connectivity index (χ2n) is 21.5. The van der Waals surface area contributed by atoms with Gasteiger partial charge in [0.25, 0.3) is 0 Å². The molecule has 5 aliphatic rings. The van der Waals surface area contributed by atoms with Gasteiger partial charge in [-0.25, -0.2) is 14.4 Å². The molecule has 0 spiro atoms. The van der Waals surface area contributed by atoms with Crippen LogP contribution in [0.3, 0.4) is 0 Å². The van der Waals surface area contributed by atoms with Gasteiger partial charge in [0, 0.05) is 72.3 Å². The summed E-state index contributed by atoms with van der Waals surface area (Å²) in [5.41, 5.74) is -2.56. The molecule has 416 valence electrons. The van der Waals surface area contributed by atoms with Crippen molar-refractivity contribution < 1.29 is 92.8 Å². The van der Waals surface area contributed by atoms with E-state index in [-0.39, 0.29) is 37.1 Å². The third kappa shape index (κ3) is 14.9. The molecular formula is C54H86O19. The van der Waals surface area contributed by atoms with Crippen LogP contribution in [-0.4, -0.2) is 170 Å². The Kier molecular flexibility index (Phi) is 22.2. The molecule has 0 aromatic heterocycles. The third-order valence-electron chi connectivity index (χ3n) is 16.1. The lowest BCUT2D eigenvalue weighted by Gasteiger charge is -2.46. The van der Waals surface area contributed by atoms with Crippen LogP contribution in [0.25, 0.3) is 0 Å². The summed E-state index contributed by atoms with van der Waals surface area (Å²) in [4.78, 5) is 40.7. The van der Waals surface area contributed by atoms with E-state index in [1.165, 1.54) is 31.2 Å². The van der Waals surface area contributed by atoms with Gasteiger partial charge in [0.05, 0.1) is 61.5 Å². The fourth-order valence-electron chi connectivity index (χ4n) is 11.1. The van der Waals surface area contributed by atoms with Gasteiger partial charge >= 0.3 is 17.9 Å². The molecule has 19 nitrogen and oxygen atoms in total. The van der Waals surface area contributed by atoms with E-state index in [0.717, 1.165) is 13.3 Å². The van der Waals surface area contributed by atoms with E-state index >= 15 is 0 Å². The van der Waals surface area contributed by atoms with Gasteiger partial charge in [-0.05, 0) is 40.5 Å². The molecule has 5 aliphatic heterocycles. The summed E-state index contributed by atoms with van der Waals surface area (Å²) in [5, 5.41) is 76.5. The van der Waals surface area contributed by atoms with Crippen molar-refractivity contribution >= 4 is 17.9 Å². The molecule has 26 unspecified atom stereocenters. The van der Waals surface area contributed by atoms with E-state index in [2.05, 4.69) is 0 Å². The SMILES string of the molecule is CCC1C(C)OC(C(C)C(O)C(C)C2OC(=O)/C=C\C=C\C(C)C(C(C)C(O)C(C)(O)C(=O)OC3OC(C)C(CC)C3OC3OCC(O)C(O)C3C)OC(=O)/C=C/C=C/C2C)CC1OC1CC(O)C(O)C(C)O1. The van der Waals surface area contributed by atoms with Crippen LogP contribution in [0.5, 0.6) is 0 Å². The number of hydrogen-bond acceptors (Lipinski definition) is 19. The normalized spacial score (nSPS) is 43.7. The zero-order valence-electron chi connectivity index (χ0n) is 44.6. The Morgan fingerprint density at radius 2 is 1.26 bits per heavy atom. The van der Waals surface area contributed by atoms with Crippen molar-refractivity contribution in [1.29, 1.82) is 0 Å². The minimum absolute atomic E-state index is 0.0106. The van der Waals surface area contributed by atoms with Crippen molar-refractivity contribution in [3.05, 3.63) is 48.6 Å². The van der Waals surface area contributed by atoms with Crippen LogP contribution < -0.4 is 0 Å². The Labute approximate surface area is 430 Å². The van der Waals surface area contributed by atoms with Crippen LogP contribution in [-0.2, 0) is 57.0 Å². The molecule has 0 radical (unpaired) electrons. The third-order valence-corrected chi connectivity index (χ3v) is 16.1. The first-order valence-corrected chi connectivity index (χ1v) is 26.3. The second-order valence-corrected chi connectivity index (χ2v) is 21.5. The summed E-state index contributed by atoms with van der Waals surface area (Å²) in [6.45, 7) is 20.7. The van der Waals surface area contributed by atoms with Gasteiger partial charge in [-0.15, -0.1) is 0 Å². The van der Waals surface area contributed by atoms with Gasteiger partial charge in [-0.1, -0.05) is 91.8 Å². The maximum absolute atomic E-state index is 13.8. The first kappa shape index (κ1) is 60.7. The van der Waals surface area contributed by atoms with E-state index in [4.69, 9.17) is 42.6 Å². The molecule has 5 heterocycles. The average molecular weight is 1040 g/mol. The number of esters is 3. The highest BCUT2D eigenvalue weighted by Gasteiger charge is 2.53. The molecule has 0 aromatic carbocycles. The second kappa shape index (κ2) is 26.8. The minimum atomic E-state index is -2.56. The highest BCUT2D eigenvalue weighted by Crippen LogP contribution is 2.40. The maximum Gasteiger partial charge on any atom is 0.342 e. The molecule has 0 amide bonds. The van der Waals surface area contributed by atoms with Gasteiger partial charge in [-0.2, -0.15) is 0 Å². The molecule has 0 bridgehead atoms. The molecule has 0 saturated carbocycles. The van der Waals surface area contributed by atoms with Gasteiger partial charge < -0.3 is 78.4 Å². The summed E-state index contributed by atoms with van der Waals surface area (Å²) < 4.78 is 54.4. The number of allylic oxidation sites excluding steroid dienone is 4. The lowest BCUT2D eigenvalue weighted by Crippen LogP contribution is -2.55. The summed E-state index contributed by atoms with van der Waals surface area (Å²) in [6.07, 6.45) is -1.35. The van der Waals surface area contributed by atoms with Crippen LogP contribution >= 0.6 is 0 Å². The quantitative estimate of drug-likeness (QED) is 0.0912. The van der Waals surface area contributed by atoms with Crippen LogP contribution in [0.4, 0.5) is 0 Å². The fraction of sp³-hybridized carbons (Fsp3) is 0.796. The minimum Gasteiger partial charge on any atom is -0.458 e. The monoisotopic (exact) mass is 1040 g/mol. The maximum atomic E-state index is 13.8. The molecule has 73 heavy (non-hydrogen) atoms. The van der Waals surface area contributed by atoms with Crippen molar-refractivity contribution in [2.75, 3.05) is 6.61 Å². The molecular weight excluding hydrogens is 953 g/mol. The molecule has 26 atom stereocenters. The number of aliphatic hydroxyl groups excluding tert-OH is 6. The average Bonchev–Trinajstić information content (AvgIpc) is 3.64. The van der Waals surface area contributed by atoms with Crippen LogP contribution in [0.1, 0.15) is 109 Å². The van der Waals surface area contributed by atoms with Gasteiger partial charge in [-0.3, -0.25) is 0 Å². The molecule has 4 saturated heterocycles. The van der Waals surface area contributed by atoms with Gasteiger partial charge in [0.15, 0.2) is 18.2 Å². The first-order chi connectivity index (χ1) is 34.3. The Morgan fingerprint density at radius 3 is 1.82 bits per heavy atom. The fourth-order valence-corrected chi connectivity index (χ4v) is 11.1. The predicted octanol–water partition coefficient (Wildman–Crippen LogP) is 3.56. The Balaban J connectivity index is 1.26. The van der Waals surface area contributed by atoms with Crippen LogP contribution in [0.15, 0.2) is 48.6 Å². The number of ether oxygens (including phenoxy) is 9. The van der Waals surface area contributed by atoms with E-state index in [0.29, 0.717) is 12.8 Å². The first-order valence-electron chi connectivity index (χ1n) is 26.3. The number of aliphatic hydroxyl groups is 7. The molecule has 19 heteroatoms. The van der Waals surface area contributed by atoms with Crippen molar-refractivity contribution in [1.82, 2.24) is 0 Å². The Bertz CT molecular complexity index is 1890. The number of carbonyl (C=O) groups is 3. The van der Waals surface area contributed by atoms with Crippen molar-refractivity contribution in [2.45, 2.75) is 219 Å². The number of rotatable bonds is 15. The molecule has 0 aromatic rings. The van der Waals surface area contributed by atoms with Crippen molar-refractivity contribution in [3.63, 3.8) is 0 Å². The zero-order chi connectivity index (χ0) is 54.2. The lowest BCUT2D eigenvalue weighted by molar-refractivity contribution is -0.285. The smallest absolute Gasteiger partial charge is 0.342 e. The molecule has 0 aliphatic carbocycles. The van der Waals surface area contributed by atoms with Crippen LogP contribution in [0, 0.1) is 47.3 Å². The number of carbonyl (C=O) groups excluding carboxylic acids is 3. The highest BCUT2D eigenvalue weighted by atomic mass is 16.8. The number of hydrogen-bond donors (Lipinski definition) is 7. The summed E-state index contributed by atoms with van der Waals surface area (Å²) in [6, 6.07) is 0. The highest BCUT2D eigenvalue weighted by molar-refractivity contribution is 5.83. The standard InChI is InChI=1S/C54H86O19/c1-13-35-32(9)66-39(24-40(35)69-43-23-37(55)46(61)34(11)67-43)28(5)44(59)29(6)47-26(3)19-15-17-22-42(58)71-48(27(4)20-16-18-21-41(57)70-47)31(8)50(62)54(12,64)53(63)73-52-49(36(14-2)33(10)68-52)72-51-30(7)45(60)38(56)25-65-51/h15-22,26-40,43-52,55-56,59-62,64H,13-14,23-25H2,1-12H3/b19-15+,20-16+,21-18-,22-17+. The summed E-state index contributed by atoms with van der Waals surface area (Å²) in [7, 11) is 0. The Morgan fingerprint density at radius 1 is 0.699 bits per heavy atom. The van der Waals surface area contributed by atoms with E-state index < -0.39 is 151 Å². The van der Waals surface area contributed by atoms with E-state index in [9.17, 15) is 50.1 Å². The van der Waals surface area contributed by atoms with E-state index in [1.807, 2.05) is 34.6 Å². The summed E-state index contributed by atoms with van der Waals surface area (Å²) in [5.74, 6) is -6.87. The Hall–Kier alpha value is -3.15. The topological polar surface area (TPSA) is 276 Å². The van der Waals surface area contributed by atoms with Crippen molar-refractivity contribution in [2.24, 2.45) is 47.3 Å². The van der Waals surface area contributed by atoms with E-state index in [1.54, 1.807) is 58.9 Å². The van der Waals surface area contributed by atoms with Gasteiger partial charge in [0.2, 0.25) is 6.29 Å². The molecule has 7 N–H and O–H groups in total. The van der Waals surface area contributed by atoms with Crippen molar-refractivity contribution in [3.8, 4) is 0 Å². The lowest BCUT2D eigenvalue weighted by atomic mass is 9.78. The zero-order valence-corrected chi connectivity index (χ0v) is 44.6. The largest absolute Gasteiger partial charge is 0.458 e.